The number of ether oxygens (including phenoxy) is 2. The zero-order chi connectivity index (χ0) is 31.0. The summed E-state index contributed by atoms with van der Waals surface area (Å²) in [5.41, 5.74) is -7.27. The van der Waals surface area contributed by atoms with E-state index in [0.29, 0.717) is 21.9 Å². The van der Waals surface area contributed by atoms with Gasteiger partial charge < -0.3 is 9.47 Å². The molecule has 0 radical (unpaired) electrons. The molecule has 0 saturated heterocycles. The lowest BCUT2D eigenvalue weighted by Gasteiger charge is -2.51. The van der Waals surface area contributed by atoms with Crippen LogP contribution in [0.1, 0.15) is 55.0 Å². The molecule has 0 saturated carbocycles. The maximum Gasteiger partial charge on any atom is 0.416 e. The molecule has 0 N–H and O–H groups in total. The summed E-state index contributed by atoms with van der Waals surface area (Å²) >= 11 is 0. The van der Waals surface area contributed by atoms with E-state index >= 15 is 0 Å². The molecule has 2 amide bonds. The lowest BCUT2D eigenvalue weighted by molar-refractivity contribution is -0.194. The predicted octanol–water partition coefficient (Wildman–Crippen LogP) is 8.11. The van der Waals surface area contributed by atoms with Crippen LogP contribution in [0.3, 0.4) is 0 Å². The summed E-state index contributed by atoms with van der Waals surface area (Å²) in [4.78, 5) is 26.9. The molecule has 1 aliphatic rings. The number of hydrogen-bond acceptors (Lipinski definition) is 4. The second kappa shape index (κ2) is 11.3. The van der Waals surface area contributed by atoms with E-state index in [4.69, 9.17) is 9.47 Å². The van der Waals surface area contributed by atoms with E-state index in [1.54, 1.807) is 0 Å². The standard InChI is InChI=1S/C26H25F9N2O4/c1-4-23(26(33,34)35)13-20(18-8-6-7-9-19(18)37(23)22(39)41-5-2)36(21(38)40-3)14-15-10-16(24(27,28)29)12-17(11-15)25(30,31)32/h6-12,20H,4-5,13-14H2,1-3H3. The molecular weight excluding hydrogens is 575 g/mol. The first-order valence-electron chi connectivity index (χ1n) is 12.2. The van der Waals surface area contributed by atoms with Crippen LogP contribution < -0.4 is 4.90 Å². The Labute approximate surface area is 228 Å². The number of nitrogens with zero attached hydrogens (tertiary/aromatic N) is 2. The smallest absolute Gasteiger partial charge is 0.416 e. The zero-order valence-electron chi connectivity index (χ0n) is 21.9. The SMILES string of the molecule is CCOC(=O)N1c2ccccc2C(N(Cc2cc(C(F)(F)F)cc(C(F)(F)F)c2)C(=O)OC)CC1(CC)C(F)(F)F. The number of fused-ring (bicyclic) bond motifs is 1. The van der Waals surface area contributed by atoms with Crippen LogP contribution in [-0.4, -0.2) is 42.5 Å². The van der Waals surface area contributed by atoms with Crippen molar-refractivity contribution in [3.8, 4) is 0 Å². The Morgan fingerprint density at radius 1 is 0.951 bits per heavy atom. The molecule has 0 fully saturated rings. The van der Waals surface area contributed by atoms with Crippen molar-refractivity contribution in [3.63, 3.8) is 0 Å². The topological polar surface area (TPSA) is 59.1 Å². The first-order chi connectivity index (χ1) is 18.9. The number of alkyl halides is 9. The summed E-state index contributed by atoms with van der Waals surface area (Å²) < 4.78 is 135. The molecule has 15 heteroatoms. The lowest BCUT2D eigenvalue weighted by atomic mass is 9.78. The third-order valence-electron chi connectivity index (χ3n) is 6.84. The molecule has 1 aliphatic heterocycles. The number of benzene rings is 2. The summed E-state index contributed by atoms with van der Waals surface area (Å²) in [6.07, 6.45) is -19.9. The number of carbonyl (C=O) groups is 2. The van der Waals surface area contributed by atoms with E-state index in [9.17, 15) is 49.1 Å². The second-order valence-corrected chi connectivity index (χ2v) is 9.21. The fraction of sp³-hybridized carbons (Fsp3) is 0.462. The molecule has 1 heterocycles. The molecular formula is C26H25F9N2O4. The minimum absolute atomic E-state index is 0.0256. The number of anilines is 1. The third kappa shape index (κ3) is 6.17. The monoisotopic (exact) mass is 600 g/mol. The normalized spacial score (nSPS) is 19.4. The highest BCUT2D eigenvalue weighted by atomic mass is 19.4. The number of amides is 2. The van der Waals surface area contributed by atoms with Crippen molar-refractivity contribution in [1.82, 2.24) is 4.90 Å². The van der Waals surface area contributed by atoms with E-state index in [0.717, 1.165) is 14.0 Å². The first kappa shape index (κ1) is 31.9. The van der Waals surface area contributed by atoms with Gasteiger partial charge in [0.05, 0.1) is 36.6 Å². The van der Waals surface area contributed by atoms with Crippen molar-refractivity contribution < 1.29 is 58.6 Å². The molecule has 0 aromatic heterocycles. The highest BCUT2D eigenvalue weighted by Crippen LogP contribution is 2.53. The average molecular weight is 600 g/mol. The number of methoxy groups -OCH3 is 1. The Hall–Kier alpha value is -3.65. The summed E-state index contributed by atoms with van der Waals surface area (Å²) in [5, 5.41) is 0. The molecule has 2 atom stereocenters. The summed E-state index contributed by atoms with van der Waals surface area (Å²) in [6.45, 7) is 1.30. The molecule has 0 aliphatic carbocycles. The van der Waals surface area contributed by atoms with Gasteiger partial charge in [-0.1, -0.05) is 25.1 Å². The van der Waals surface area contributed by atoms with Gasteiger partial charge >= 0.3 is 30.7 Å². The molecule has 41 heavy (non-hydrogen) atoms. The van der Waals surface area contributed by atoms with Crippen LogP contribution in [0.4, 0.5) is 54.8 Å². The van der Waals surface area contributed by atoms with Gasteiger partial charge in [-0.3, -0.25) is 9.80 Å². The molecule has 2 aromatic carbocycles. The van der Waals surface area contributed by atoms with Gasteiger partial charge in [0.25, 0.3) is 0 Å². The van der Waals surface area contributed by atoms with Crippen molar-refractivity contribution in [1.29, 1.82) is 0 Å². The van der Waals surface area contributed by atoms with Crippen molar-refractivity contribution in [2.45, 2.75) is 63.3 Å². The Bertz CT molecular complexity index is 1240. The number of halogens is 9. The van der Waals surface area contributed by atoms with Crippen molar-refractivity contribution in [2.75, 3.05) is 18.6 Å². The Kier molecular flexibility index (Phi) is 8.80. The van der Waals surface area contributed by atoms with Crippen molar-refractivity contribution in [2.24, 2.45) is 0 Å². The van der Waals surface area contributed by atoms with Gasteiger partial charge in [0.2, 0.25) is 0 Å². The Balaban J connectivity index is 2.26. The van der Waals surface area contributed by atoms with Gasteiger partial charge in [-0.2, -0.15) is 39.5 Å². The van der Waals surface area contributed by atoms with Gasteiger partial charge in [0, 0.05) is 13.0 Å². The summed E-state index contributed by atoms with van der Waals surface area (Å²) in [6, 6.07) is 4.25. The van der Waals surface area contributed by atoms with E-state index in [1.807, 2.05) is 0 Å². The van der Waals surface area contributed by atoms with E-state index in [1.165, 1.54) is 31.2 Å². The fourth-order valence-corrected chi connectivity index (χ4v) is 4.94. The molecule has 2 aromatic rings. The van der Waals surface area contributed by atoms with E-state index in [2.05, 4.69) is 0 Å². The maximum absolute atomic E-state index is 14.8. The van der Waals surface area contributed by atoms with Crippen molar-refractivity contribution in [3.05, 3.63) is 64.7 Å². The average Bonchev–Trinajstić information content (AvgIpc) is 2.88. The zero-order valence-corrected chi connectivity index (χ0v) is 21.9. The van der Waals surface area contributed by atoms with Gasteiger partial charge in [-0.25, -0.2) is 9.59 Å². The van der Waals surface area contributed by atoms with Gasteiger partial charge in [-0.05, 0) is 48.7 Å². The minimum Gasteiger partial charge on any atom is -0.453 e. The summed E-state index contributed by atoms with van der Waals surface area (Å²) in [7, 11) is 0.860. The minimum atomic E-state index is -5.20. The molecule has 2 unspecified atom stereocenters. The first-order valence-corrected chi connectivity index (χ1v) is 12.2. The lowest BCUT2D eigenvalue weighted by Crippen LogP contribution is -2.65. The van der Waals surface area contributed by atoms with Crippen molar-refractivity contribution >= 4 is 17.9 Å². The van der Waals surface area contributed by atoms with E-state index < -0.39 is 78.4 Å². The molecule has 0 bridgehead atoms. The van der Waals surface area contributed by atoms with E-state index in [-0.39, 0.29) is 23.9 Å². The van der Waals surface area contributed by atoms with Crippen LogP contribution in [0.5, 0.6) is 0 Å². The highest BCUT2D eigenvalue weighted by molar-refractivity contribution is 5.92. The molecule has 226 valence electrons. The van der Waals surface area contributed by atoms with Crippen LogP contribution in [0.25, 0.3) is 0 Å². The van der Waals surface area contributed by atoms with Crippen LogP contribution >= 0.6 is 0 Å². The highest BCUT2D eigenvalue weighted by Gasteiger charge is 2.63. The second-order valence-electron chi connectivity index (χ2n) is 9.21. The summed E-state index contributed by atoms with van der Waals surface area (Å²) in [5.74, 6) is 0. The Morgan fingerprint density at radius 3 is 1.98 bits per heavy atom. The molecule has 3 rings (SSSR count). The fourth-order valence-electron chi connectivity index (χ4n) is 4.94. The van der Waals surface area contributed by atoms with Crippen LogP contribution in [0.15, 0.2) is 42.5 Å². The number of hydrogen-bond donors (Lipinski definition) is 0. The van der Waals surface area contributed by atoms with Gasteiger partial charge in [0.1, 0.15) is 5.54 Å². The largest absolute Gasteiger partial charge is 0.453 e. The number of rotatable bonds is 5. The quantitative estimate of drug-likeness (QED) is 0.326. The predicted molar refractivity (Wildman–Crippen MR) is 127 cm³/mol. The molecule has 6 nitrogen and oxygen atoms in total. The molecule has 0 spiro atoms. The third-order valence-corrected chi connectivity index (χ3v) is 6.84. The van der Waals surface area contributed by atoms with Crippen LogP contribution in [-0.2, 0) is 28.4 Å². The van der Waals surface area contributed by atoms with Crippen LogP contribution in [0.2, 0.25) is 0 Å². The van der Waals surface area contributed by atoms with Crippen LogP contribution in [0, 0.1) is 0 Å². The maximum atomic E-state index is 14.8. The van der Waals surface area contributed by atoms with Gasteiger partial charge in [-0.15, -0.1) is 0 Å². The number of carbonyl (C=O) groups excluding carboxylic acids is 2. The van der Waals surface area contributed by atoms with Gasteiger partial charge in [0.15, 0.2) is 0 Å². The number of para-hydroxylation sites is 1. The Morgan fingerprint density at radius 2 is 1.51 bits per heavy atom.